The second-order valence-electron chi connectivity index (χ2n) is 5.74. The highest BCUT2D eigenvalue weighted by molar-refractivity contribution is 7.89. The van der Waals surface area contributed by atoms with Gasteiger partial charge < -0.3 is 10.1 Å². The normalized spacial score (nSPS) is 15.2. The highest BCUT2D eigenvalue weighted by Crippen LogP contribution is 2.29. The van der Waals surface area contributed by atoms with E-state index in [1.807, 2.05) is 17.5 Å². The molecule has 1 N–H and O–H groups in total. The van der Waals surface area contributed by atoms with E-state index in [9.17, 15) is 13.2 Å². The molecule has 0 atom stereocenters. The molecule has 1 fully saturated rings. The van der Waals surface area contributed by atoms with Crippen molar-refractivity contribution in [1.82, 2.24) is 9.62 Å². The Hall–Kier alpha value is -1.90. The van der Waals surface area contributed by atoms with E-state index < -0.39 is 10.0 Å². The third-order valence-corrected chi connectivity index (χ3v) is 6.91. The Morgan fingerprint density at radius 3 is 2.68 bits per heavy atom. The maximum absolute atomic E-state index is 12.8. The van der Waals surface area contributed by atoms with Gasteiger partial charge in [0.2, 0.25) is 10.0 Å². The topological polar surface area (TPSA) is 75.7 Å². The van der Waals surface area contributed by atoms with Crippen molar-refractivity contribution in [2.45, 2.75) is 24.3 Å². The van der Waals surface area contributed by atoms with Crippen LogP contribution in [-0.4, -0.2) is 38.8 Å². The van der Waals surface area contributed by atoms with Gasteiger partial charge in [0.25, 0.3) is 5.91 Å². The number of rotatable bonds is 6. The molecule has 2 heterocycles. The van der Waals surface area contributed by atoms with Crippen molar-refractivity contribution in [2.24, 2.45) is 0 Å². The predicted octanol–water partition coefficient (Wildman–Crippen LogP) is 2.47. The molecule has 0 spiro atoms. The number of methoxy groups -OCH3 is 1. The molecule has 0 radical (unpaired) electrons. The number of nitrogens with one attached hydrogen (secondary N) is 1. The highest BCUT2D eigenvalue weighted by Gasteiger charge is 2.30. The van der Waals surface area contributed by atoms with E-state index in [1.165, 1.54) is 23.5 Å². The fourth-order valence-electron chi connectivity index (χ4n) is 2.77. The van der Waals surface area contributed by atoms with Crippen molar-refractivity contribution >= 4 is 27.3 Å². The summed E-state index contributed by atoms with van der Waals surface area (Å²) in [6.45, 7) is 1.41. The summed E-state index contributed by atoms with van der Waals surface area (Å²) in [4.78, 5) is 13.5. The predicted molar refractivity (Wildman–Crippen MR) is 96.5 cm³/mol. The molecular formula is C17H20N2O4S2. The third kappa shape index (κ3) is 3.86. The minimum Gasteiger partial charge on any atom is -0.495 e. The zero-order valence-electron chi connectivity index (χ0n) is 13.9. The summed E-state index contributed by atoms with van der Waals surface area (Å²) in [5.74, 6) is -0.0596. The molecule has 1 saturated heterocycles. The Bertz CT molecular complexity index is 842. The SMILES string of the molecule is COc1ccc(C(=O)NCc2cccs2)cc1S(=O)(=O)N1CCCC1. The van der Waals surface area contributed by atoms with Crippen molar-refractivity contribution in [3.8, 4) is 5.75 Å². The van der Waals surface area contributed by atoms with Crippen LogP contribution in [0.3, 0.4) is 0 Å². The number of thiophene rings is 1. The lowest BCUT2D eigenvalue weighted by Crippen LogP contribution is -2.29. The Labute approximate surface area is 151 Å². The number of carbonyl (C=O) groups excluding carboxylic acids is 1. The van der Waals surface area contributed by atoms with Crippen LogP contribution < -0.4 is 10.1 Å². The summed E-state index contributed by atoms with van der Waals surface area (Å²) in [5.41, 5.74) is 0.301. The summed E-state index contributed by atoms with van der Waals surface area (Å²) in [6, 6.07) is 8.35. The van der Waals surface area contributed by atoms with E-state index >= 15 is 0 Å². The first kappa shape index (κ1) is 17.9. The quantitative estimate of drug-likeness (QED) is 0.835. The second-order valence-corrected chi connectivity index (χ2v) is 8.68. The molecule has 0 aliphatic carbocycles. The van der Waals surface area contributed by atoms with Gasteiger partial charge in [0.15, 0.2) is 0 Å². The molecule has 6 nitrogen and oxygen atoms in total. The molecule has 1 aromatic carbocycles. The second kappa shape index (κ2) is 7.55. The van der Waals surface area contributed by atoms with Gasteiger partial charge in [-0.3, -0.25) is 4.79 Å². The molecule has 1 aliphatic rings. The molecule has 3 rings (SSSR count). The molecular weight excluding hydrogens is 360 g/mol. The highest BCUT2D eigenvalue weighted by atomic mass is 32.2. The number of amides is 1. The summed E-state index contributed by atoms with van der Waals surface area (Å²) in [6.07, 6.45) is 1.70. The van der Waals surface area contributed by atoms with Crippen molar-refractivity contribution in [2.75, 3.05) is 20.2 Å². The number of carbonyl (C=O) groups is 1. The zero-order chi connectivity index (χ0) is 17.9. The molecule has 0 bridgehead atoms. The van der Waals surface area contributed by atoms with Gasteiger partial charge in [-0.15, -0.1) is 11.3 Å². The van der Waals surface area contributed by atoms with E-state index in [0.717, 1.165) is 17.7 Å². The lowest BCUT2D eigenvalue weighted by Gasteiger charge is -2.18. The molecule has 25 heavy (non-hydrogen) atoms. The number of hydrogen-bond acceptors (Lipinski definition) is 5. The molecule has 134 valence electrons. The molecule has 1 aromatic heterocycles. The average Bonchev–Trinajstić information content (AvgIpc) is 3.32. The van der Waals surface area contributed by atoms with Crippen LogP contribution in [-0.2, 0) is 16.6 Å². The summed E-state index contributed by atoms with van der Waals surface area (Å²) in [7, 11) is -2.24. The van der Waals surface area contributed by atoms with Crippen LogP contribution in [0.1, 0.15) is 28.1 Å². The summed E-state index contributed by atoms with van der Waals surface area (Å²) >= 11 is 1.55. The van der Waals surface area contributed by atoms with Crippen LogP contribution in [0.5, 0.6) is 5.75 Å². The van der Waals surface area contributed by atoms with Gasteiger partial charge in [-0.05, 0) is 42.5 Å². The van der Waals surface area contributed by atoms with Crippen molar-refractivity contribution in [1.29, 1.82) is 0 Å². The molecule has 2 aromatic rings. The van der Waals surface area contributed by atoms with E-state index in [2.05, 4.69) is 5.32 Å². The van der Waals surface area contributed by atoms with Gasteiger partial charge in [-0.2, -0.15) is 4.31 Å². The molecule has 8 heteroatoms. The van der Waals surface area contributed by atoms with Crippen molar-refractivity contribution < 1.29 is 17.9 Å². The van der Waals surface area contributed by atoms with Crippen LogP contribution in [0.25, 0.3) is 0 Å². The maximum Gasteiger partial charge on any atom is 0.251 e. The largest absolute Gasteiger partial charge is 0.495 e. The lowest BCUT2D eigenvalue weighted by atomic mass is 10.2. The third-order valence-electron chi connectivity index (χ3n) is 4.11. The Balaban J connectivity index is 1.85. The molecule has 1 amide bonds. The number of benzene rings is 1. The van der Waals surface area contributed by atoms with Crippen LogP contribution in [0, 0.1) is 0 Å². The van der Waals surface area contributed by atoms with Gasteiger partial charge in [0.1, 0.15) is 10.6 Å². The minimum atomic E-state index is -3.67. The first-order valence-corrected chi connectivity index (χ1v) is 10.3. The molecule has 1 aliphatic heterocycles. The number of hydrogen-bond donors (Lipinski definition) is 1. The lowest BCUT2D eigenvalue weighted by molar-refractivity contribution is 0.0951. The first-order valence-electron chi connectivity index (χ1n) is 8.01. The minimum absolute atomic E-state index is 0.0423. The number of sulfonamides is 1. The summed E-state index contributed by atoms with van der Waals surface area (Å²) in [5, 5.41) is 4.75. The Morgan fingerprint density at radius 2 is 2.04 bits per heavy atom. The van der Waals surface area contributed by atoms with Crippen LogP contribution in [0.4, 0.5) is 0 Å². The van der Waals surface area contributed by atoms with Crippen molar-refractivity contribution in [3.63, 3.8) is 0 Å². The van der Waals surface area contributed by atoms with E-state index in [0.29, 0.717) is 25.2 Å². The monoisotopic (exact) mass is 380 g/mol. The number of ether oxygens (including phenoxy) is 1. The smallest absolute Gasteiger partial charge is 0.251 e. The van der Waals surface area contributed by atoms with Gasteiger partial charge >= 0.3 is 0 Å². The number of nitrogens with zero attached hydrogens (tertiary/aromatic N) is 1. The fourth-order valence-corrected chi connectivity index (χ4v) is 5.11. The fraction of sp³-hybridized carbons (Fsp3) is 0.353. The summed E-state index contributed by atoms with van der Waals surface area (Å²) < 4.78 is 32.4. The first-order chi connectivity index (χ1) is 12.0. The van der Waals surface area contributed by atoms with Crippen LogP contribution in [0.2, 0.25) is 0 Å². The zero-order valence-corrected chi connectivity index (χ0v) is 15.5. The van der Waals surface area contributed by atoms with Crippen LogP contribution in [0.15, 0.2) is 40.6 Å². The van der Waals surface area contributed by atoms with E-state index in [-0.39, 0.29) is 16.6 Å². The van der Waals surface area contributed by atoms with Crippen LogP contribution >= 0.6 is 11.3 Å². The van der Waals surface area contributed by atoms with E-state index in [1.54, 1.807) is 17.4 Å². The van der Waals surface area contributed by atoms with Gasteiger partial charge in [-0.1, -0.05) is 6.07 Å². The molecule has 0 unspecified atom stereocenters. The van der Waals surface area contributed by atoms with Crippen molar-refractivity contribution in [3.05, 3.63) is 46.2 Å². The Kier molecular flexibility index (Phi) is 5.41. The van der Waals surface area contributed by atoms with E-state index in [4.69, 9.17) is 4.74 Å². The standard InChI is InChI=1S/C17H20N2O4S2/c1-23-15-7-6-13(17(20)18-12-14-5-4-10-24-14)11-16(15)25(21,22)19-8-2-3-9-19/h4-7,10-11H,2-3,8-9,12H2,1H3,(H,18,20). The maximum atomic E-state index is 12.8. The van der Waals surface area contributed by atoms with Gasteiger partial charge in [0.05, 0.1) is 13.7 Å². The molecule has 0 saturated carbocycles. The van der Waals surface area contributed by atoms with Gasteiger partial charge in [0, 0.05) is 23.5 Å². The average molecular weight is 380 g/mol. The Morgan fingerprint density at radius 1 is 1.28 bits per heavy atom. The van der Waals surface area contributed by atoms with Gasteiger partial charge in [-0.25, -0.2) is 8.42 Å².